The van der Waals surface area contributed by atoms with Crippen LogP contribution in [0.5, 0.6) is 0 Å². The van der Waals surface area contributed by atoms with Crippen LogP contribution in [0.15, 0.2) is 30.7 Å². The molecule has 3 aromatic heterocycles. The molecule has 1 N–H and O–H groups in total. The van der Waals surface area contributed by atoms with E-state index in [1.54, 1.807) is 23.1 Å². The van der Waals surface area contributed by atoms with E-state index in [2.05, 4.69) is 38.6 Å². The summed E-state index contributed by atoms with van der Waals surface area (Å²) in [5.74, 6) is 0.625. The van der Waals surface area contributed by atoms with Crippen LogP contribution in [0.3, 0.4) is 0 Å². The van der Waals surface area contributed by atoms with Crippen molar-refractivity contribution in [2.24, 2.45) is 7.05 Å². The fraction of sp³-hybridized carbons (Fsp3) is 0.267. The summed E-state index contributed by atoms with van der Waals surface area (Å²) in [4.78, 5) is 20.7. The number of nitrogens with one attached hydrogen (secondary N) is 1. The van der Waals surface area contributed by atoms with Gasteiger partial charge in [0.25, 0.3) is 5.91 Å². The van der Waals surface area contributed by atoms with Crippen LogP contribution in [0, 0.1) is 0 Å². The van der Waals surface area contributed by atoms with E-state index in [0.29, 0.717) is 22.6 Å². The number of amides is 1. The van der Waals surface area contributed by atoms with E-state index in [1.165, 1.54) is 0 Å². The van der Waals surface area contributed by atoms with Gasteiger partial charge in [-0.15, -0.1) is 0 Å². The Bertz CT molecular complexity index is 821. The van der Waals surface area contributed by atoms with Gasteiger partial charge in [-0.3, -0.25) is 19.8 Å². The summed E-state index contributed by atoms with van der Waals surface area (Å²) < 4.78 is 5.90. The molecular weight excluding hydrogens is 312 g/mol. The Hall–Kier alpha value is -2.61. The normalized spacial score (nSPS) is 11.0. The molecule has 0 atom stereocenters. The zero-order chi connectivity index (χ0) is 16.4. The van der Waals surface area contributed by atoms with Crippen LogP contribution < -0.4 is 5.32 Å². The number of rotatable bonds is 4. The first-order valence-corrected chi connectivity index (χ1v) is 7.90. The molecule has 23 heavy (non-hydrogen) atoms. The average Bonchev–Trinajstić information content (AvgIpc) is 3.16. The lowest BCUT2D eigenvalue weighted by Crippen LogP contribution is -2.13. The zero-order valence-corrected chi connectivity index (χ0v) is 13.8. The van der Waals surface area contributed by atoms with Gasteiger partial charge in [-0.25, -0.2) is 0 Å². The van der Waals surface area contributed by atoms with Crippen molar-refractivity contribution in [1.29, 1.82) is 0 Å². The molecule has 1 amide bonds. The van der Waals surface area contributed by atoms with Gasteiger partial charge < -0.3 is 0 Å². The van der Waals surface area contributed by atoms with Gasteiger partial charge in [-0.1, -0.05) is 19.9 Å². The largest absolute Gasteiger partial charge is 0.295 e. The number of aryl methyl sites for hydroxylation is 1. The first-order valence-electron chi connectivity index (χ1n) is 7.13. The molecule has 0 saturated carbocycles. The van der Waals surface area contributed by atoms with Crippen LogP contribution in [0.2, 0.25) is 0 Å². The van der Waals surface area contributed by atoms with Crippen LogP contribution in [-0.2, 0) is 7.05 Å². The Morgan fingerprint density at radius 1 is 1.30 bits per heavy atom. The van der Waals surface area contributed by atoms with Gasteiger partial charge in [-0.05, 0) is 17.5 Å². The maximum Gasteiger partial charge on any atom is 0.276 e. The summed E-state index contributed by atoms with van der Waals surface area (Å²) in [6, 6.07) is 3.63. The minimum absolute atomic E-state index is 0.297. The lowest BCUT2D eigenvalue weighted by Gasteiger charge is -2.05. The standard InChI is InChI=1S/C15H16N6OS/c1-9(2)10-4-5-12(16-6-10)14(22)19-15-18-13(20-23-15)11-7-17-21(3)8-11/h4-9H,1-3H3,(H,18,19,20,22). The number of carbonyl (C=O) groups excluding carboxylic acids is 1. The van der Waals surface area contributed by atoms with E-state index in [1.807, 2.05) is 19.3 Å². The Balaban J connectivity index is 1.72. The van der Waals surface area contributed by atoms with Gasteiger partial charge in [0, 0.05) is 31.0 Å². The molecule has 3 rings (SSSR count). The fourth-order valence-electron chi connectivity index (χ4n) is 1.97. The second kappa shape index (κ2) is 6.25. The highest BCUT2D eigenvalue weighted by Gasteiger charge is 2.13. The molecule has 7 nitrogen and oxygen atoms in total. The van der Waals surface area contributed by atoms with Gasteiger partial charge in [0.1, 0.15) is 5.69 Å². The van der Waals surface area contributed by atoms with E-state index in [4.69, 9.17) is 0 Å². The highest BCUT2D eigenvalue weighted by Crippen LogP contribution is 2.21. The third kappa shape index (κ3) is 3.42. The monoisotopic (exact) mass is 328 g/mol. The maximum atomic E-state index is 12.2. The zero-order valence-electron chi connectivity index (χ0n) is 13.0. The predicted molar refractivity (Wildman–Crippen MR) is 88.4 cm³/mol. The minimum Gasteiger partial charge on any atom is -0.295 e. The van der Waals surface area contributed by atoms with Crippen LogP contribution in [0.25, 0.3) is 11.4 Å². The topological polar surface area (TPSA) is 85.6 Å². The van der Waals surface area contributed by atoms with Gasteiger partial charge in [0.15, 0.2) is 5.82 Å². The molecule has 0 radical (unpaired) electrons. The van der Waals surface area contributed by atoms with Crippen molar-refractivity contribution in [3.05, 3.63) is 42.0 Å². The SMILES string of the molecule is CC(C)c1ccc(C(=O)Nc2nc(-c3cnn(C)c3)ns2)nc1. The van der Waals surface area contributed by atoms with E-state index >= 15 is 0 Å². The minimum atomic E-state index is -0.297. The van der Waals surface area contributed by atoms with E-state index in [-0.39, 0.29) is 5.91 Å². The summed E-state index contributed by atoms with van der Waals surface area (Å²) in [5.41, 5.74) is 2.26. The van der Waals surface area contributed by atoms with Crippen molar-refractivity contribution in [2.45, 2.75) is 19.8 Å². The van der Waals surface area contributed by atoms with Crippen molar-refractivity contribution in [3.63, 3.8) is 0 Å². The van der Waals surface area contributed by atoms with Gasteiger partial charge in [0.2, 0.25) is 5.13 Å². The quantitative estimate of drug-likeness (QED) is 0.796. The lowest BCUT2D eigenvalue weighted by atomic mass is 10.1. The molecule has 118 valence electrons. The highest BCUT2D eigenvalue weighted by atomic mass is 32.1. The lowest BCUT2D eigenvalue weighted by molar-refractivity contribution is 0.102. The fourth-order valence-corrected chi connectivity index (χ4v) is 2.56. The van der Waals surface area contributed by atoms with Crippen LogP contribution in [0.4, 0.5) is 5.13 Å². The van der Waals surface area contributed by atoms with Crippen molar-refractivity contribution in [2.75, 3.05) is 5.32 Å². The number of pyridine rings is 1. The predicted octanol–water partition coefficient (Wildman–Crippen LogP) is 2.71. The van der Waals surface area contributed by atoms with Gasteiger partial charge in [-0.2, -0.15) is 14.5 Å². The number of anilines is 1. The van der Waals surface area contributed by atoms with Crippen LogP contribution in [-0.4, -0.2) is 30.0 Å². The molecule has 0 fully saturated rings. The van der Waals surface area contributed by atoms with Gasteiger partial charge in [0.05, 0.1) is 11.8 Å². The van der Waals surface area contributed by atoms with E-state index in [0.717, 1.165) is 22.7 Å². The highest BCUT2D eigenvalue weighted by molar-refractivity contribution is 7.10. The Kier molecular flexibility index (Phi) is 4.16. The molecule has 0 bridgehead atoms. The molecule has 0 aliphatic rings. The first-order chi connectivity index (χ1) is 11.0. The molecule has 0 aliphatic heterocycles. The van der Waals surface area contributed by atoms with Gasteiger partial charge >= 0.3 is 0 Å². The summed E-state index contributed by atoms with van der Waals surface area (Å²) >= 11 is 1.13. The molecule has 0 aliphatic carbocycles. The summed E-state index contributed by atoms with van der Waals surface area (Å²) in [6.07, 6.45) is 5.22. The number of carbonyl (C=O) groups is 1. The molecule has 0 aromatic carbocycles. The summed E-state index contributed by atoms with van der Waals surface area (Å²) in [7, 11) is 1.82. The smallest absolute Gasteiger partial charge is 0.276 e. The number of hydrogen-bond donors (Lipinski definition) is 1. The summed E-state index contributed by atoms with van der Waals surface area (Å²) in [5, 5.41) is 7.23. The third-order valence-corrected chi connectivity index (χ3v) is 3.93. The Morgan fingerprint density at radius 3 is 2.74 bits per heavy atom. The first kappa shape index (κ1) is 15.3. The van der Waals surface area contributed by atoms with Crippen molar-refractivity contribution in [1.82, 2.24) is 24.1 Å². The van der Waals surface area contributed by atoms with Crippen LogP contribution >= 0.6 is 11.5 Å². The molecule has 8 heteroatoms. The summed E-state index contributed by atoms with van der Waals surface area (Å²) in [6.45, 7) is 4.16. The number of hydrogen-bond acceptors (Lipinski definition) is 6. The molecule has 3 heterocycles. The van der Waals surface area contributed by atoms with E-state index in [9.17, 15) is 4.79 Å². The maximum absolute atomic E-state index is 12.2. The van der Waals surface area contributed by atoms with Crippen molar-refractivity contribution in [3.8, 4) is 11.4 Å². The number of aromatic nitrogens is 5. The molecule has 0 saturated heterocycles. The van der Waals surface area contributed by atoms with Crippen LogP contribution in [0.1, 0.15) is 35.8 Å². The van der Waals surface area contributed by atoms with Crippen molar-refractivity contribution >= 4 is 22.6 Å². The molecule has 0 spiro atoms. The Labute approximate surface area is 137 Å². The molecular formula is C15H16N6OS. The average molecular weight is 328 g/mol. The number of nitrogens with zero attached hydrogens (tertiary/aromatic N) is 5. The second-order valence-electron chi connectivity index (χ2n) is 5.41. The Morgan fingerprint density at radius 2 is 2.13 bits per heavy atom. The van der Waals surface area contributed by atoms with E-state index < -0.39 is 0 Å². The van der Waals surface area contributed by atoms with Crippen molar-refractivity contribution < 1.29 is 4.79 Å². The third-order valence-electron chi connectivity index (χ3n) is 3.30. The molecule has 0 unspecified atom stereocenters. The second-order valence-corrected chi connectivity index (χ2v) is 6.16. The molecule has 3 aromatic rings.